The molecule has 0 radical (unpaired) electrons. The van der Waals surface area contributed by atoms with Gasteiger partial charge >= 0.3 is 0 Å². The van der Waals surface area contributed by atoms with Gasteiger partial charge in [-0.25, -0.2) is 13.2 Å². The van der Waals surface area contributed by atoms with Crippen LogP contribution in [0.2, 0.25) is 0 Å². The van der Waals surface area contributed by atoms with Crippen LogP contribution in [0.4, 0.5) is 18.9 Å². The standard InChI is InChI=1S/C23H24F3N3O/c1-3-13-29(15-17-7-8-19(25)14-21(17)26)22(6-4-5-16(2)27)23(30)28-20-11-9-18(24)10-12-20/h3,5-12,14H,1,4,13,15,27H2,2H3,(H,28,30)/b16-5+,22-6-. The predicted octanol–water partition coefficient (Wildman–Crippen LogP) is 4.87. The third-order valence-electron chi connectivity index (χ3n) is 4.15. The average molecular weight is 415 g/mol. The fourth-order valence-corrected chi connectivity index (χ4v) is 2.71. The number of benzene rings is 2. The zero-order chi connectivity index (χ0) is 22.1. The van der Waals surface area contributed by atoms with Crippen molar-refractivity contribution in [3.05, 3.63) is 102 Å². The van der Waals surface area contributed by atoms with Crippen LogP contribution in [0.15, 0.2) is 78.7 Å². The summed E-state index contributed by atoms with van der Waals surface area (Å²) in [6.45, 7) is 5.68. The van der Waals surface area contributed by atoms with Crippen LogP contribution in [-0.2, 0) is 11.3 Å². The Kier molecular flexibility index (Phi) is 8.29. The van der Waals surface area contributed by atoms with E-state index < -0.39 is 23.4 Å². The first-order valence-corrected chi connectivity index (χ1v) is 9.29. The summed E-state index contributed by atoms with van der Waals surface area (Å²) < 4.78 is 40.6. The number of nitrogens with one attached hydrogen (secondary N) is 1. The molecule has 0 fully saturated rings. The number of rotatable bonds is 9. The van der Waals surface area contributed by atoms with Gasteiger partial charge in [-0.2, -0.15) is 0 Å². The van der Waals surface area contributed by atoms with Gasteiger partial charge < -0.3 is 16.0 Å². The van der Waals surface area contributed by atoms with Gasteiger partial charge in [-0.15, -0.1) is 6.58 Å². The smallest absolute Gasteiger partial charge is 0.271 e. The third kappa shape index (κ3) is 6.84. The number of hydrogen-bond acceptors (Lipinski definition) is 3. The lowest BCUT2D eigenvalue weighted by atomic mass is 10.1. The molecule has 0 bridgehead atoms. The van der Waals surface area contributed by atoms with E-state index in [0.29, 0.717) is 17.8 Å². The van der Waals surface area contributed by atoms with Crippen molar-refractivity contribution in [1.29, 1.82) is 0 Å². The Bertz CT molecular complexity index is 949. The summed E-state index contributed by atoms with van der Waals surface area (Å²) in [5.74, 6) is -2.28. The van der Waals surface area contributed by atoms with Gasteiger partial charge in [0.05, 0.1) is 5.70 Å². The summed E-state index contributed by atoms with van der Waals surface area (Å²) in [4.78, 5) is 14.6. The van der Waals surface area contributed by atoms with Gasteiger partial charge in [0.25, 0.3) is 5.91 Å². The molecule has 0 unspecified atom stereocenters. The SMILES string of the molecule is C=CCN(Cc1ccc(F)cc1F)/C(=C\C/C=C(\C)N)C(=O)Nc1ccc(F)cc1. The van der Waals surface area contributed by atoms with E-state index in [0.717, 1.165) is 12.1 Å². The lowest BCUT2D eigenvalue weighted by Crippen LogP contribution is -2.31. The average Bonchev–Trinajstić information content (AvgIpc) is 2.68. The lowest BCUT2D eigenvalue weighted by Gasteiger charge is -2.26. The van der Waals surface area contributed by atoms with Crippen LogP contribution in [-0.4, -0.2) is 17.4 Å². The molecule has 2 aromatic rings. The van der Waals surface area contributed by atoms with Gasteiger partial charge in [0.1, 0.15) is 17.5 Å². The van der Waals surface area contributed by atoms with Gasteiger partial charge in [0.2, 0.25) is 0 Å². The summed E-state index contributed by atoms with van der Waals surface area (Å²) in [7, 11) is 0. The van der Waals surface area contributed by atoms with E-state index in [4.69, 9.17) is 5.73 Å². The topological polar surface area (TPSA) is 58.4 Å². The second-order valence-electron chi connectivity index (χ2n) is 6.64. The van der Waals surface area contributed by atoms with Gasteiger partial charge in [0.15, 0.2) is 0 Å². The molecule has 3 N–H and O–H groups in total. The lowest BCUT2D eigenvalue weighted by molar-refractivity contribution is -0.114. The van der Waals surface area contributed by atoms with E-state index in [1.807, 2.05) is 0 Å². The summed E-state index contributed by atoms with van der Waals surface area (Å²) in [6, 6.07) is 8.62. The predicted molar refractivity (Wildman–Crippen MR) is 113 cm³/mol. The van der Waals surface area contributed by atoms with E-state index >= 15 is 0 Å². The quantitative estimate of drug-likeness (QED) is 0.454. The molecule has 4 nitrogen and oxygen atoms in total. The number of amides is 1. The molecule has 0 aliphatic rings. The van der Waals surface area contributed by atoms with E-state index in [1.54, 1.807) is 30.1 Å². The Morgan fingerprint density at radius 1 is 1.10 bits per heavy atom. The Morgan fingerprint density at radius 3 is 2.37 bits per heavy atom. The van der Waals surface area contributed by atoms with Gasteiger partial charge in [-0.3, -0.25) is 4.79 Å². The molecule has 0 aliphatic carbocycles. The third-order valence-corrected chi connectivity index (χ3v) is 4.15. The number of carbonyl (C=O) groups excluding carboxylic acids is 1. The number of halogens is 3. The Hall–Kier alpha value is -3.48. The molecular formula is C23H24F3N3O. The number of nitrogens with zero attached hydrogens (tertiary/aromatic N) is 1. The van der Waals surface area contributed by atoms with Crippen LogP contribution in [0, 0.1) is 17.5 Å². The van der Waals surface area contributed by atoms with Crippen molar-refractivity contribution in [1.82, 2.24) is 4.90 Å². The molecule has 0 atom stereocenters. The van der Waals surface area contributed by atoms with Crippen molar-refractivity contribution in [3.63, 3.8) is 0 Å². The summed E-state index contributed by atoms with van der Waals surface area (Å²) in [5.41, 5.74) is 7.14. The molecule has 0 aliphatic heterocycles. The minimum Gasteiger partial charge on any atom is -0.403 e. The van der Waals surface area contributed by atoms with Gasteiger partial charge in [-0.1, -0.05) is 24.3 Å². The van der Waals surface area contributed by atoms with E-state index in [1.165, 1.54) is 30.3 Å². The van der Waals surface area contributed by atoms with Crippen LogP contribution in [0.1, 0.15) is 18.9 Å². The fourth-order valence-electron chi connectivity index (χ4n) is 2.71. The molecule has 0 aromatic heterocycles. The monoisotopic (exact) mass is 415 g/mol. The number of hydrogen-bond donors (Lipinski definition) is 2. The van der Waals surface area contributed by atoms with E-state index in [9.17, 15) is 18.0 Å². The van der Waals surface area contributed by atoms with Crippen LogP contribution in [0.5, 0.6) is 0 Å². The molecule has 0 saturated heterocycles. The first-order chi connectivity index (χ1) is 14.3. The zero-order valence-corrected chi connectivity index (χ0v) is 16.7. The van der Waals surface area contributed by atoms with Crippen molar-refractivity contribution < 1.29 is 18.0 Å². The fraction of sp³-hybridized carbons (Fsp3) is 0.174. The largest absolute Gasteiger partial charge is 0.403 e. The molecule has 7 heteroatoms. The molecule has 2 aromatic carbocycles. The minimum atomic E-state index is -0.708. The number of allylic oxidation sites excluding steroid dienone is 3. The van der Waals surface area contributed by atoms with Crippen molar-refractivity contribution in [2.75, 3.05) is 11.9 Å². The van der Waals surface area contributed by atoms with E-state index in [-0.39, 0.29) is 24.4 Å². The number of carbonyl (C=O) groups is 1. The summed E-state index contributed by atoms with van der Waals surface area (Å²) >= 11 is 0. The molecular weight excluding hydrogens is 391 g/mol. The zero-order valence-electron chi connectivity index (χ0n) is 16.7. The van der Waals surface area contributed by atoms with Crippen LogP contribution in [0.3, 0.4) is 0 Å². The molecule has 0 saturated carbocycles. The molecule has 0 spiro atoms. The number of anilines is 1. The van der Waals surface area contributed by atoms with Crippen molar-refractivity contribution in [2.45, 2.75) is 19.9 Å². The van der Waals surface area contributed by atoms with Crippen molar-refractivity contribution in [3.8, 4) is 0 Å². The van der Waals surface area contributed by atoms with Crippen LogP contribution >= 0.6 is 0 Å². The van der Waals surface area contributed by atoms with Gasteiger partial charge in [0, 0.05) is 36.1 Å². The van der Waals surface area contributed by atoms with E-state index in [2.05, 4.69) is 11.9 Å². The summed E-state index contributed by atoms with van der Waals surface area (Å²) in [5, 5.41) is 2.70. The molecule has 1 amide bonds. The Morgan fingerprint density at radius 2 is 1.77 bits per heavy atom. The van der Waals surface area contributed by atoms with Crippen molar-refractivity contribution >= 4 is 11.6 Å². The molecule has 30 heavy (non-hydrogen) atoms. The second-order valence-corrected chi connectivity index (χ2v) is 6.64. The number of nitrogens with two attached hydrogens (primary N) is 1. The first kappa shape index (κ1) is 22.8. The Balaban J connectivity index is 2.34. The normalized spacial score (nSPS) is 11.9. The molecule has 0 heterocycles. The van der Waals surface area contributed by atoms with Crippen molar-refractivity contribution in [2.24, 2.45) is 5.73 Å². The highest BCUT2D eigenvalue weighted by Crippen LogP contribution is 2.18. The molecule has 2 rings (SSSR count). The highest BCUT2D eigenvalue weighted by Gasteiger charge is 2.19. The maximum Gasteiger partial charge on any atom is 0.271 e. The summed E-state index contributed by atoms with van der Waals surface area (Å²) in [6.07, 6.45) is 5.33. The Labute approximate surface area is 174 Å². The maximum absolute atomic E-state index is 14.2. The highest BCUT2D eigenvalue weighted by atomic mass is 19.1. The maximum atomic E-state index is 14.2. The van der Waals surface area contributed by atoms with Gasteiger partial charge in [-0.05, 0) is 43.7 Å². The minimum absolute atomic E-state index is 0.0200. The van der Waals surface area contributed by atoms with Crippen LogP contribution in [0.25, 0.3) is 0 Å². The second kappa shape index (κ2) is 10.9. The first-order valence-electron chi connectivity index (χ1n) is 9.29. The molecule has 158 valence electrons. The highest BCUT2D eigenvalue weighted by molar-refractivity contribution is 6.03. The van der Waals surface area contributed by atoms with Crippen LogP contribution < -0.4 is 11.1 Å².